The molecule has 2 fully saturated rings. The molecule has 1 atom stereocenters. The fourth-order valence-corrected chi connectivity index (χ4v) is 5.46. The molecule has 12 heteroatoms. The van der Waals surface area contributed by atoms with Gasteiger partial charge in [0.05, 0.1) is 28.2 Å². The summed E-state index contributed by atoms with van der Waals surface area (Å²) in [7, 11) is -1.19. The Hall–Kier alpha value is -2.76. The summed E-state index contributed by atoms with van der Waals surface area (Å²) in [6.45, 7) is 4.29. The van der Waals surface area contributed by atoms with E-state index < -0.39 is 14.8 Å². The lowest BCUT2D eigenvalue weighted by molar-refractivity contribution is -0.384. The second-order valence-electron chi connectivity index (χ2n) is 8.09. The van der Waals surface area contributed by atoms with Gasteiger partial charge in [-0.15, -0.1) is 0 Å². The molecule has 1 saturated carbocycles. The minimum Gasteiger partial charge on any atom is -0.361 e. The largest absolute Gasteiger partial charge is 0.361 e. The fourth-order valence-electron chi connectivity index (χ4n) is 3.77. The molecular formula is C18H25N7O4S. The summed E-state index contributed by atoms with van der Waals surface area (Å²) in [6.07, 6.45) is 3.75. The van der Waals surface area contributed by atoms with Crippen LogP contribution in [0.15, 0.2) is 6.20 Å². The van der Waals surface area contributed by atoms with Gasteiger partial charge in [-0.3, -0.25) is 14.8 Å². The maximum atomic E-state index is 11.8. The van der Waals surface area contributed by atoms with E-state index in [1.807, 2.05) is 30.5 Å². The van der Waals surface area contributed by atoms with Crippen molar-refractivity contribution in [3.8, 4) is 0 Å². The third-order valence-corrected chi connectivity index (χ3v) is 7.39. The summed E-state index contributed by atoms with van der Waals surface area (Å²) < 4.78 is 25.5. The normalized spacial score (nSPS) is 20.3. The minimum atomic E-state index is -3.00. The van der Waals surface area contributed by atoms with Crippen molar-refractivity contribution in [1.29, 1.82) is 0 Å². The van der Waals surface area contributed by atoms with E-state index >= 15 is 0 Å². The zero-order chi connectivity index (χ0) is 21.6. The molecule has 4 rings (SSSR count). The first kappa shape index (κ1) is 20.5. The van der Waals surface area contributed by atoms with Crippen molar-refractivity contribution in [2.45, 2.75) is 51.7 Å². The van der Waals surface area contributed by atoms with Crippen molar-refractivity contribution in [3.05, 3.63) is 33.3 Å². The highest BCUT2D eigenvalue weighted by atomic mass is 32.2. The second-order valence-corrected chi connectivity index (χ2v) is 10.3. The van der Waals surface area contributed by atoms with Gasteiger partial charge in [0.15, 0.2) is 9.84 Å². The van der Waals surface area contributed by atoms with Gasteiger partial charge in [0.25, 0.3) is 0 Å². The first-order valence-corrected chi connectivity index (χ1v) is 11.7. The number of nitrogens with zero attached hydrogens (tertiary/aromatic N) is 6. The molecule has 3 heterocycles. The number of nitrogens with one attached hydrogen (secondary N) is 1. The number of hydrogen-bond acceptors (Lipinski definition) is 9. The topological polar surface area (TPSA) is 136 Å². The summed E-state index contributed by atoms with van der Waals surface area (Å²) in [5.41, 5.74) is 2.57. The van der Waals surface area contributed by atoms with Gasteiger partial charge in [-0.2, -0.15) is 10.1 Å². The van der Waals surface area contributed by atoms with Crippen LogP contribution in [0.3, 0.4) is 0 Å². The Morgan fingerprint density at radius 2 is 2.07 bits per heavy atom. The summed E-state index contributed by atoms with van der Waals surface area (Å²) in [6, 6.07) is 0.0832. The molecule has 0 radical (unpaired) electrons. The highest BCUT2D eigenvalue weighted by molar-refractivity contribution is 7.91. The second kappa shape index (κ2) is 7.49. The predicted octanol–water partition coefficient (Wildman–Crippen LogP) is 1.77. The van der Waals surface area contributed by atoms with E-state index in [2.05, 4.69) is 20.4 Å². The summed E-state index contributed by atoms with van der Waals surface area (Å²) in [5, 5.41) is 19.0. The van der Waals surface area contributed by atoms with E-state index in [-0.39, 0.29) is 35.1 Å². The van der Waals surface area contributed by atoms with Crippen LogP contribution in [-0.4, -0.2) is 57.7 Å². The van der Waals surface area contributed by atoms with Crippen LogP contribution in [0.5, 0.6) is 0 Å². The number of sulfone groups is 1. The van der Waals surface area contributed by atoms with Crippen molar-refractivity contribution in [2.24, 2.45) is 0 Å². The summed E-state index contributed by atoms with van der Waals surface area (Å²) in [5.74, 6) is 0.920. The Morgan fingerprint density at radius 3 is 2.67 bits per heavy atom. The van der Waals surface area contributed by atoms with E-state index in [1.54, 1.807) is 0 Å². The number of aromatic nitrogens is 4. The summed E-state index contributed by atoms with van der Waals surface area (Å²) >= 11 is 0. The van der Waals surface area contributed by atoms with Crippen molar-refractivity contribution in [1.82, 2.24) is 19.7 Å². The third-order valence-electron chi connectivity index (χ3n) is 5.64. The van der Waals surface area contributed by atoms with E-state index in [4.69, 9.17) is 0 Å². The molecule has 11 nitrogen and oxygen atoms in total. The van der Waals surface area contributed by atoms with Crippen LogP contribution < -0.4 is 10.2 Å². The van der Waals surface area contributed by atoms with Gasteiger partial charge in [-0.05, 0) is 33.1 Å². The number of hydrogen-bond donors (Lipinski definition) is 1. The average Bonchev–Trinajstić information content (AvgIpc) is 3.36. The number of nitro groups is 1. The molecule has 162 valence electrons. The standard InChI is InChI=1S/C18H25N7O4S/c1-11-15(12(2)24(22-11)14-6-7-30(28,29)10-14)9-23(3)18-19-8-16(25(26)27)17(21-18)20-13-4-5-13/h8,13-14H,4-7,9-10H2,1-3H3,(H,19,20,21). The molecule has 0 spiro atoms. The van der Waals surface area contributed by atoms with Crippen LogP contribution in [0.1, 0.15) is 42.3 Å². The van der Waals surface area contributed by atoms with Gasteiger partial charge in [0.1, 0.15) is 6.20 Å². The van der Waals surface area contributed by atoms with Gasteiger partial charge in [-0.25, -0.2) is 13.4 Å². The smallest absolute Gasteiger partial charge is 0.329 e. The van der Waals surface area contributed by atoms with Crippen molar-refractivity contribution in [3.63, 3.8) is 0 Å². The first-order chi connectivity index (χ1) is 14.1. The van der Waals surface area contributed by atoms with Crippen LogP contribution in [0, 0.1) is 24.0 Å². The predicted molar refractivity (Wildman–Crippen MR) is 111 cm³/mol. The van der Waals surface area contributed by atoms with Gasteiger partial charge >= 0.3 is 5.69 Å². The van der Waals surface area contributed by atoms with Crippen LogP contribution in [0.4, 0.5) is 17.5 Å². The maximum absolute atomic E-state index is 11.8. The molecule has 1 N–H and O–H groups in total. The lowest BCUT2D eigenvalue weighted by Gasteiger charge is -2.18. The maximum Gasteiger partial charge on any atom is 0.329 e. The number of aryl methyl sites for hydroxylation is 1. The van der Waals surface area contributed by atoms with Crippen LogP contribution in [0.25, 0.3) is 0 Å². The monoisotopic (exact) mass is 435 g/mol. The SMILES string of the molecule is Cc1nn(C2CCS(=O)(=O)C2)c(C)c1CN(C)c1ncc([N+](=O)[O-])c(NC2CC2)n1. The Bertz CT molecular complexity index is 1090. The van der Waals surface area contributed by atoms with Crippen molar-refractivity contribution in [2.75, 3.05) is 28.8 Å². The fraction of sp³-hybridized carbons (Fsp3) is 0.611. The molecule has 1 aliphatic carbocycles. The van der Waals surface area contributed by atoms with Crippen molar-refractivity contribution >= 4 is 27.3 Å². The number of rotatable bonds is 7. The van der Waals surface area contributed by atoms with Crippen LogP contribution >= 0.6 is 0 Å². The zero-order valence-electron chi connectivity index (χ0n) is 17.2. The lowest BCUT2D eigenvalue weighted by Crippen LogP contribution is -2.21. The van der Waals surface area contributed by atoms with E-state index in [1.165, 1.54) is 6.20 Å². The third kappa shape index (κ3) is 4.09. The summed E-state index contributed by atoms with van der Waals surface area (Å²) in [4.78, 5) is 21.2. The van der Waals surface area contributed by atoms with Crippen molar-refractivity contribution < 1.29 is 13.3 Å². The lowest BCUT2D eigenvalue weighted by atomic mass is 10.2. The molecule has 2 aromatic heterocycles. The Morgan fingerprint density at radius 1 is 1.33 bits per heavy atom. The molecule has 1 saturated heterocycles. The molecule has 0 amide bonds. The van der Waals surface area contributed by atoms with Gasteiger partial charge in [0.2, 0.25) is 11.8 Å². The molecular weight excluding hydrogens is 410 g/mol. The van der Waals surface area contributed by atoms with E-state index in [0.717, 1.165) is 29.8 Å². The highest BCUT2D eigenvalue weighted by Gasteiger charge is 2.32. The highest BCUT2D eigenvalue weighted by Crippen LogP contribution is 2.31. The Kier molecular flexibility index (Phi) is 5.12. The van der Waals surface area contributed by atoms with Gasteiger partial charge in [0, 0.05) is 30.9 Å². The molecule has 2 aliphatic rings. The van der Waals surface area contributed by atoms with Crippen LogP contribution in [-0.2, 0) is 16.4 Å². The quantitative estimate of drug-likeness (QED) is 0.509. The molecule has 2 aromatic rings. The zero-order valence-corrected chi connectivity index (χ0v) is 18.0. The Labute approximate surface area is 174 Å². The van der Waals surface area contributed by atoms with E-state index in [9.17, 15) is 18.5 Å². The minimum absolute atomic E-state index is 0.117. The Balaban J connectivity index is 1.57. The molecule has 30 heavy (non-hydrogen) atoms. The van der Waals surface area contributed by atoms with Gasteiger partial charge < -0.3 is 10.2 Å². The average molecular weight is 436 g/mol. The van der Waals surface area contributed by atoms with Crippen LogP contribution in [0.2, 0.25) is 0 Å². The number of anilines is 2. The first-order valence-electron chi connectivity index (χ1n) is 9.88. The van der Waals surface area contributed by atoms with Gasteiger partial charge in [-0.1, -0.05) is 0 Å². The van der Waals surface area contributed by atoms with E-state index in [0.29, 0.717) is 18.9 Å². The molecule has 1 unspecified atom stereocenters. The molecule has 0 aromatic carbocycles. The molecule has 1 aliphatic heterocycles. The molecule has 0 bridgehead atoms.